The number of allylic oxidation sites excluding steroid dienone is 2. The zero-order chi connectivity index (χ0) is 17.8. The Balaban J connectivity index is 1.67. The fourth-order valence-electron chi connectivity index (χ4n) is 2.56. The maximum absolute atomic E-state index is 12.2. The van der Waals surface area contributed by atoms with E-state index in [1.165, 1.54) is 9.70 Å². The van der Waals surface area contributed by atoms with Gasteiger partial charge in [-0.1, -0.05) is 12.2 Å². The van der Waals surface area contributed by atoms with E-state index in [-0.39, 0.29) is 23.6 Å². The molecule has 25 heavy (non-hydrogen) atoms. The van der Waals surface area contributed by atoms with Gasteiger partial charge in [0, 0.05) is 25.7 Å². The van der Waals surface area contributed by atoms with E-state index in [9.17, 15) is 9.59 Å². The molecule has 2 aromatic rings. The molecule has 1 heterocycles. The molecule has 2 amide bonds. The molecule has 1 aliphatic rings. The number of carbonyl (C=O) groups excluding carboxylic acids is 2. The van der Waals surface area contributed by atoms with Gasteiger partial charge in [-0.15, -0.1) is 15.0 Å². The van der Waals surface area contributed by atoms with E-state index in [4.69, 9.17) is 0 Å². The third-order valence-corrected chi connectivity index (χ3v) is 4.02. The van der Waals surface area contributed by atoms with Gasteiger partial charge in [-0.25, -0.2) is 0 Å². The van der Waals surface area contributed by atoms with Crippen molar-refractivity contribution >= 4 is 17.5 Å². The number of tetrazole rings is 1. The van der Waals surface area contributed by atoms with Gasteiger partial charge in [0.25, 0.3) is 11.7 Å². The molecule has 0 radical (unpaired) electrons. The quantitative estimate of drug-likeness (QED) is 0.855. The van der Waals surface area contributed by atoms with E-state index in [1.807, 2.05) is 0 Å². The molecule has 1 aromatic heterocycles. The second kappa shape index (κ2) is 7.25. The maximum atomic E-state index is 12.2. The Labute approximate surface area is 145 Å². The first-order valence-electron chi connectivity index (χ1n) is 8.12. The minimum atomic E-state index is -0.309. The van der Waals surface area contributed by atoms with Gasteiger partial charge in [-0.2, -0.15) is 0 Å². The number of nitrogens with zero attached hydrogens (tertiary/aromatic N) is 5. The summed E-state index contributed by atoms with van der Waals surface area (Å²) in [4.78, 5) is 26.7. The first kappa shape index (κ1) is 16.8. The molecule has 0 saturated heterocycles. The molecule has 3 rings (SSSR count). The Morgan fingerprint density at radius 3 is 2.60 bits per heavy atom. The van der Waals surface area contributed by atoms with Gasteiger partial charge in [-0.3, -0.25) is 9.59 Å². The van der Waals surface area contributed by atoms with Gasteiger partial charge in [-0.05, 0) is 48.7 Å². The number of anilines is 1. The standard InChI is InChI=1S/C17H20N6O2/c1-22(2)17(25)15-19-21-23(20-15)14-10-8-13(9-11-14)18-16(24)12-6-4-3-5-7-12/h3-4,8-12H,5-7H2,1-2H3,(H,18,24). The van der Waals surface area contributed by atoms with Gasteiger partial charge < -0.3 is 10.2 Å². The topological polar surface area (TPSA) is 93.0 Å². The maximum Gasteiger partial charge on any atom is 0.294 e. The molecule has 8 nitrogen and oxygen atoms in total. The number of hydrogen-bond donors (Lipinski definition) is 1. The van der Waals surface area contributed by atoms with Crippen molar-refractivity contribution in [2.45, 2.75) is 19.3 Å². The number of benzene rings is 1. The van der Waals surface area contributed by atoms with Crippen LogP contribution in [0.3, 0.4) is 0 Å². The lowest BCUT2D eigenvalue weighted by molar-refractivity contribution is -0.120. The van der Waals surface area contributed by atoms with Crippen LogP contribution in [0.5, 0.6) is 0 Å². The van der Waals surface area contributed by atoms with Crippen LogP contribution in [-0.2, 0) is 4.79 Å². The zero-order valence-corrected chi connectivity index (χ0v) is 14.2. The van der Waals surface area contributed by atoms with Crippen molar-refractivity contribution in [3.8, 4) is 5.69 Å². The van der Waals surface area contributed by atoms with Crippen molar-refractivity contribution in [2.75, 3.05) is 19.4 Å². The van der Waals surface area contributed by atoms with E-state index in [0.29, 0.717) is 11.4 Å². The van der Waals surface area contributed by atoms with Crippen molar-refractivity contribution in [3.05, 3.63) is 42.2 Å². The highest BCUT2D eigenvalue weighted by molar-refractivity contribution is 5.92. The molecule has 1 aromatic carbocycles. The monoisotopic (exact) mass is 340 g/mol. The first-order valence-corrected chi connectivity index (χ1v) is 8.12. The molecule has 1 atom stereocenters. The fraction of sp³-hybridized carbons (Fsp3) is 0.353. The summed E-state index contributed by atoms with van der Waals surface area (Å²) in [6.07, 6.45) is 6.78. The third-order valence-electron chi connectivity index (χ3n) is 4.02. The van der Waals surface area contributed by atoms with Crippen LogP contribution in [0.25, 0.3) is 5.69 Å². The number of aromatic nitrogens is 4. The predicted octanol–water partition coefficient (Wildman–Crippen LogP) is 1.66. The van der Waals surface area contributed by atoms with Crippen molar-refractivity contribution < 1.29 is 9.59 Å². The molecule has 0 bridgehead atoms. The average Bonchev–Trinajstić information content (AvgIpc) is 3.12. The highest BCUT2D eigenvalue weighted by Crippen LogP contribution is 2.20. The van der Waals surface area contributed by atoms with Crippen molar-refractivity contribution in [1.82, 2.24) is 25.1 Å². The largest absolute Gasteiger partial charge is 0.342 e. The number of nitrogens with one attached hydrogen (secondary N) is 1. The van der Waals surface area contributed by atoms with Crippen LogP contribution in [0.1, 0.15) is 29.9 Å². The minimum absolute atomic E-state index is 0.0289. The molecule has 0 saturated carbocycles. The SMILES string of the molecule is CN(C)C(=O)c1nnn(-c2ccc(NC(=O)C3CC=CCC3)cc2)n1. The summed E-state index contributed by atoms with van der Waals surface area (Å²) in [6, 6.07) is 7.09. The Morgan fingerprint density at radius 2 is 1.96 bits per heavy atom. The fourth-order valence-corrected chi connectivity index (χ4v) is 2.56. The van der Waals surface area contributed by atoms with Gasteiger partial charge in [0.15, 0.2) is 0 Å². The molecule has 1 unspecified atom stereocenters. The number of hydrogen-bond acceptors (Lipinski definition) is 5. The van der Waals surface area contributed by atoms with E-state index in [1.54, 1.807) is 38.4 Å². The minimum Gasteiger partial charge on any atom is -0.342 e. The lowest BCUT2D eigenvalue weighted by atomic mass is 9.93. The van der Waals surface area contributed by atoms with Crippen molar-refractivity contribution in [1.29, 1.82) is 0 Å². The second-order valence-electron chi connectivity index (χ2n) is 6.12. The van der Waals surface area contributed by atoms with Crippen LogP contribution in [0.4, 0.5) is 5.69 Å². The van der Waals surface area contributed by atoms with Crippen molar-refractivity contribution in [2.24, 2.45) is 5.92 Å². The summed E-state index contributed by atoms with van der Waals surface area (Å²) < 4.78 is 0. The van der Waals surface area contributed by atoms with E-state index in [0.717, 1.165) is 19.3 Å². The summed E-state index contributed by atoms with van der Waals surface area (Å²) in [5, 5.41) is 14.7. The first-order chi connectivity index (χ1) is 12.0. The molecule has 0 fully saturated rings. The number of carbonyl (C=O) groups is 2. The van der Waals surface area contributed by atoms with Crippen molar-refractivity contribution in [3.63, 3.8) is 0 Å². The third kappa shape index (κ3) is 3.90. The van der Waals surface area contributed by atoms with Gasteiger partial charge in [0.2, 0.25) is 5.91 Å². The highest BCUT2D eigenvalue weighted by Gasteiger charge is 2.19. The molecule has 130 valence electrons. The average molecular weight is 340 g/mol. The zero-order valence-electron chi connectivity index (χ0n) is 14.2. The van der Waals surface area contributed by atoms with Gasteiger partial charge in [0.05, 0.1) is 5.69 Å². The second-order valence-corrected chi connectivity index (χ2v) is 6.12. The van der Waals surface area contributed by atoms with Crippen LogP contribution >= 0.6 is 0 Å². The highest BCUT2D eigenvalue weighted by atomic mass is 16.2. The molecule has 0 spiro atoms. The molecule has 0 aliphatic heterocycles. The Hall–Kier alpha value is -3.03. The summed E-state index contributed by atoms with van der Waals surface area (Å²) in [7, 11) is 3.26. The lowest BCUT2D eigenvalue weighted by Crippen LogP contribution is -2.23. The Bertz CT molecular complexity index is 794. The van der Waals surface area contributed by atoms with Crippen LogP contribution in [0, 0.1) is 5.92 Å². The lowest BCUT2D eigenvalue weighted by Gasteiger charge is -2.17. The smallest absolute Gasteiger partial charge is 0.294 e. The van der Waals surface area contributed by atoms with Gasteiger partial charge >= 0.3 is 0 Å². The van der Waals surface area contributed by atoms with E-state index < -0.39 is 0 Å². The van der Waals surface area contributed by atoms with E-state index in [2.05, 4.69) is 32.9 Å². The normalized spacial score (nSPS) is 16.5. The Morgan fingerprint density at radius 1 is 1.20 bits per heavy atom. The predicted molar refractivity (Wildman–Crippen MR) is 92.3 cm³/mol. The van der Waals surface area contributed by atoms with Crippen LogP contribution in [0.15, 0.2) is 36.4 Å². The molecule has 8 heteroatoms. The number of amides is 2. The molecular weight excluding hydrogens is 320 g/mol. The van der Waals surface area contributed by atoms with Crippen LogP contribution < -0.4 is 5.32 Å². The summed E-state index contributed by atoms with van der Waals surface area (Å²) >= 11 is 0. The van der Waals surface area contributed by atoms with Crippen LogP contribution in [-0.4, -0.2) is 51.0 Å². The number of rotatable bonds is 4. The summed E-state index contributed by atoms with van der Waals surface area (Å²) in [6.45, 7) is 0. The molecule has 1 N–H and O–H groups in total. The molecular formula is C17H20N6O2. The van der Waals surface area contributed by atoms with E-state index >= 15 is 0 Å². The van der Waals surface area contributed by atoms with Crippen LogP contribution in [0.2, 0.25) is 0 Å². The van der Waals surface area contributed by atoms with Gasteiger partial charge in [0.1, 0.15) is 0 Å². The summed E-state index contributed by atoms with van der Waals surface area (Å²) in [5.41, 5.74) is 1.37. The Kier molecular flexibility index (Phi) is 4.87. The molecule has 1 aliphatic carbocycles. The summed E-state index contributed by atoms with van der Waals surface area (Å²) in [5.74, 6) is -0.208.